The van der Waals surface area contributed by atoms with Crippen molar-refractivity contribution in [3.05, 3.63) is 54.4 Å². The molecule has 1 saturated heterocycles. The number of rotatable bonds is 4. The van der Waals surface area contributed by atoms with Crippen LogP contribution in [0.15, 0.2) is 48.8 Å². The number of aromatic nitrogens is 2. The Morgan fingerprint density at radius 1 is 1.11 bits per heavy atom. The van der Waals surface area contributed by atoms with Crippen molar-refractivity contribution in [1.82, 2.24) is 20.2 Å². The first-order chi connectivity index (χ1) is 13.1. The van der Waals surface area contributed by atoms with Gasteiger partial charge in [0.1, 0.15) is 0 Å². The summed E-state index contributed by atoms with van der Waals surface area (Å²) in [7, 11) is 0. The number of nitrogens with one attached hydrogen (secondary N) is 2. The molecule has 2 aromatic rings. The van der Waals surface area contributed by atoms with Crippen LogP contribution in [-0.4, -0.2) is 45.9 Å². The Morgan fingerprint density at radius 3 is 2.44 bits per heavy atom. The van der Waals surface area contributed by atoms with Gasteiger partial charge < -0.3 is 21.3 Å². The summed E-state index contributed by atoms with van der Waals surface area (Å²) in [5, 5.41) is 5.84. The van der Waals surface area contributed by atoms with E-state index in [0.29, 0.717) is 31.5 Å². The minimum Gasteiger partial charge on any atom is -0.368 e. The second kappa shape index (κ2) is 8.79. The molecule has 0 aliphatic carbocycles. The molecule has 4 N–H and O–H groups in total. The van der Waals surface area contributed by atoms with Crippen LogP contribution in [0.4, 0.5) is 16.4 Å². The Bertz CT molecular complexity index is 799. The molecule has 1 aliphatic heterocycles. The van der Waals surface area contributed by atoms with Crippen LogP contribution in [-0.2, 0) is 4.79 Å². The van der Waals surface area contributed by atoms with Gasteiger partial charge in [-0.05, 0) is 31.1 Å². The maximum atomic E-state index is 12.3. The van der Waals surface area contributed by atoms with Crippen molar-refractivity contribution in [3.8, 4) is 0 Å². The zero-order chi connectivity index (χ0) is 19.1. The predicted octanol–water partition coefficient (Wildman–Crippen LogP) is 1.88. The fourth-order valence-corrected chi connectivity index (χ4v) is 2.81. The van der Waals surface area contributed by atoms with Gasteiger partial charge in [-0.15, -0.1) is 0 Å². The number of nitrogens with zero attached hydrogens (tertiary/aromatic N) is 3. The van der Waals surface area contributed by atoms with Gasteiger partial charge in [0.2, 0.25) is 11.9 Å². The second-order valence-corrected chi connectivity index (χ2v) is 6.27. The van der Waals surface area contributed by atoms with Crippen LogP contribution in [0.25, 0.3) is 6.08 Å². The molecule has 27 heavy (non-hydrogen) atoms. The van der Waals surface area contributed by atoms with Crippen LogP contribution < -0.4 is 16.4 Å². The lowest BCUT2D eigenvalue weighted by Crippen LogP contribution is -2.47. The highest BCUT2D eigenvalue weighted by Crippen LogP contribution is 2.13. The van der Waals surface area contributed by atoms with E-state index < -0.39 is 0 Å². The maximum absolute atomic E-state index is 12.3. The fraction of sp³-hybridized carbons (Fsp3) is 0.263. The molecular weight excluding hydrogens is 344 g/mol. The highest BCUT2D eigenvalue weighted by Gasteiger charge is 2.23. The first-order valence-corrected chi connectivity index (χ1v) is 8.77. The lowest BCUT2D eigenvalue weighted by atomic mass is 10.1. The maximum Gasteiger partial charge on any atom is 0.321 e. The van der Waals surface area contributed by atoms with Gasteiger partial charge in [0, 0.05) is 48.9 Å². The Kier molecular flexibility index (Phi) is 5.98. The molecule has 0 spiro atoms. The molecule has 0 radical (unpaired) electrons. The van der Waals surface area contributed by atoms with Crippen molar-refractivity contribution in [2.45, 2.75) is 18.9 Å². The predicted molar refractivity (Wildman–Crippen MR) is 104 cm³/mol. The van der Waals surface area contributed by atoms with Crippen LogP contribution in [0.2, 0.25) is 0 Å². The zero-order valence-electron chi connectivity index (χ0n) is 14.8. The summed E-state index contributed by atoms with van der Waals surface area (Å²) in [5.74, 6) is 0.0127. The molecule has 1 aromatic carbocycles. The van der Waals surface area contributed by atoms with E-state index in [-0.39, 0.29) is 23.9 Å². The molecule has 1 aromatic heterocycles. The summed E-state index contributed by atoms with van der Waals surface area (Å²) in [4.78, 5) is 33.8. The van der Waals surface area contributed by atoms with Crippen LogP contribution in [0.1, 0.15) is 18.4 Å². The SMILES string of the molecule is Nc1ncc(/C=C/C(=O)NC2CCN(C(=O)Nc3ccccc3)CC2)cn1. The minimum atomic E-state index is -0.181. The van der Waals surface area contributed by atoms with Gasteiger partial charge in [-0.2, -0.15) is 0 Å². The first-order valence-electron chi connectivity index (χ1n) is 8.77. The Balaban J connectivity index is 1.43. The summed E-state index contributed by atoms with van der Waals surface area (Å²) in [6, 6.07) is 9.29. The van der Waals surface area contributed by atoms with Crippen LogP contribution >= 0.6 is 0 Å². The quantitative estimate of drug-likeness (QED) is 0.715. The van der Waals surface area contributed by atoms with Crippen molar-refractivity contribution in [3.63, 3.8) is 0 Å². The molecular formula is C19H22N6O2. The topological polar surface area (TPSA) is 113 Å². The molecule has 0 unspecified atom stereocenters. The van der Waals surface area contributed by atoms with Crippen molar-refractivity contribution < 1.29 is 9.59 Å². The highest BCUT2D eigenvalue weighted by atomic mass is 16.2. The lowest BCUT2D eigenvalue weighted by Gasteiger charge is -2.32. The summed E-state index contributed by atoms with van der Waals surface area (Å²) < 4.78 is 0. The monoisotopic (exact) mass is 366 g/mol. The molecule has 1 aliphatic rings. The van der Waals surface area contributed by atoms with E-state index in [2.05, 4.69) is 20.6 Å². The number of hydrogen-bond acceptors (Lipinski definition) is 5. The highest BCUT2D eigenvalue weighted by molar-refractivity contribution is 5.92. The fourth-order valence-electron chi connectivity index (χ4n) is 2.81. The number of amides is 3. The van der Waals surface area contributed by atoms with Crippen molar-refractivity contribution >= 4 is 29.7 Å². The summed E-state index contributed by atoms with van der Waals surface area (Å²) in [6.07, 6.45) is 7.62. The van der Waals surface area contributed by atoms with E-state index in [9.17, 15) is 9.59 Å². The number of anilines is 2. The van der Waals surface area contributed by atoms with Crippen molar-refractivity contribution in [2.24, 2.45) is 0 Å². The second-order valence-electron chi connectivity index (χ2n) is 6.27. The summed E-state index contributed by atoms with van der Waals surface area (Å²) in [5.41, 5.74) is 6.90. The average Bonchev–Trinajstić information content (AvgIpc) is 2.69. The smallest absolute Gasteiger partial charge is 0.321 e. The molecule has 0 bridgehead atoms. The van der Waals surface area contributed by atoms with Gasteiger partial charge in [0.25, 0.3) is 0 Å². The average molecular weight is 366 g/mol. The molecule has 8 heteroatoms. The van der Waals surface area contributed by atoms with Crippen molar-refractivity contribution in [2.75, 3.05) is 24.1 Å². The van der Waals surface area contributed by atoms with E-state index in [4.69, 9.17) is 5.73 Å². The molecule has 3 amide bonds. The Morgan fingerprint density at radius 2 is 1.78 bits per heavy atom. The van der Waals surface area contributed by atoms with E-state index in [1.807, 2.05) is 30.3 Å². The number of nitrogen functional groups attached to an aromatic ring is 1. The minimum absolute atomic E-state index is 0.0468. The molecule has 0 atom stereocenters. The first kappa shape index (κ1) is 18.4. The number of carbonyl (C=O) groups excluding carboxylic acids is 2. The number of carbonyl (C=O) groups is 2. The number of para-hydroxylation sites is 1. The number of benzene rings is 1. The number of urea groups is 1. The standard InChI is InChI=1S/C19H22N6O2/c20-18-21-12-14(13-22-18)6-7-17(26)23-16-8-10-25(11-9-16)19(27)24-15-4-2-1-3-5-15/h1-7,12-13,16H,8-11H2,(H,23,26)(H,24,27)(H2,20,21,22)/b7-6+. The summed E-state index contributed by atoms with van der Waals surface area (Å²) >= 11 is 0. The Labute approximate surface area is 157 Å². The molecule has 0 saturated carbocycles. The number of hydrogen-bond donors (Lipinski definition) is 3. The van der Waals surface area contributed by atoms with Crippen LogP contribution in [0.5, 0.6) is 0 Å². The Hall–Kier alpha value is -3.42. The molecule has 2 heterocycles. The van der Waals surface area contributed by atoms with Gasteiger partial charge >= 0.3 is 6.03 Å². The van der Waals surface area contributed by atoms with E-state index in [1.165, 1.54) is 6.08 Å². The van der Waals surface area contributed by atoms with E-state index in [0.717, 1.165) is 5.69 Å². The normalized spacial score (nSPS) is 14.9. The van der Waals surface area contributed by atoms with E-state index >= 15 is 0 Å². The van der Waals surface area contributed by atoms with Crippen LogP contribution in [0.3, 0.4) is 0 Å². The van der Waals surface area contributed by atoms with Gasteiger partial charge in [0.05, 0.1) is 0 Å². The number of piperidine rings is 1. The molecule has 8 nitrogen and oxygen atoms in total. The van der Waals surface area contributed by atoms with Crippen molar-refractivity contribution in [1.29, 1.82) is 0 Å². The largest absolute Gasteiger partial charge is 0.368 e. The number of nitrogens with two attached hydrogens (primary N) is 1. The van der Waals surface area contributed by atoms with E-state index in [1.54, 1.807) is 23.4 Å². The molecule has 140 valence electrons. The third-order valence-electron chi connectivity index (χ3n) is 4.27. The van der Waals surface area contributed by atoms with Gasteiger partial charge in [-0.3, -0.25) is 4.79 Å². The third-order valence-corrected chi connectivity index (χ3v) is 4.27. The third kappa shape index (κ3) is 5.53. The van der Waals surface area contributed by atoms with Gasteiger partial charge in [0.15, 0.2) is 0 Å². The zero-order valence-corrected chi connectivity index (χ0v) is 14.8. The van der Waals surface area contributed by atoms with Gasteiger partial charge in [-0.25, -0.2) is 14.8 Å². The summed E-state index contributed by atoms with van der Waals surface area (Å²) in [6.45, 7) is 1.19. The van der Waals surface area contributed by atoms with Gasteiger partial charge in [-0.1, -0.05) is 18.2 Å². The lowest BCUT2D eigenvalue weighted by molar-refractivity contribution is -0.117. The van der Waals surface area contributed by atoms with Crippen LogP contribution in [0, 0.1) is 0 Å². The number of likely N-dealkylation sites (tertiary alicyclic amines) is 1. The molecule has 3 rings (SSSR count). The molecule has 1 fully saturated rings.